The number of aromatic nitrogens is 5. The highest BCUT2D eigenvalue weighted by Crippen LogP contribution is 2.28. The molecule has 0 fully saturated rings. The van der Waals surface area contributed by atoms with Crippen LogP contribution in [0.15, 0.2) is 59.1 Å². The Balaban J connectivity index is 1.85. The Morgan fingerprint density at radius 3 is 2.59 bits per heavy atom. The first-order chi connectivity index (χ1) is 13.2. The summed E-state index contributed by atoms with van der Waals surface area (Å²) in [6.07, 6.45) is 3.42. The molecule has 0 saturated heterocycles. The fourth-order valence-corrected chi connectivity index (χ4v) is 3.86. The van der Waals surface area contributed by atoms with E-state index in [4.69, 9.17) is 4.74 Å². The zero-order valence-corrected chi connectivity index (χ0v) is 16.6. The highest BCUT2D eigenvalue weighted by molar-refractivity contribution is 8.00. The second-order valence-corrected chi connectivity index (χ2v) is 7.65. The summed E-state index contributed by atoms with van der Waals surface area (Å²) in [5, 5.41) is 9.57. The third-order valence-corrected chi connectivity index (χ3v) is 5.38. The number of rotatable bonds is 8. The molecule has 0 saturated carbocycles. The number of carbonyl (C=O) groups is 1. The van der Waals surface area contributed by atoms with Gasteiger partial charge in [0.15, 0.2) is 10.3 Å². The lowest BCUT2D eigenvalue weighted by molar-refractivity contribution is -0.142. The topological polar surface area (TPSA) is 82.8 Å². The fourth-order valence-electron chi connectivity index (χ4n) is 2.26. The van der Waals surface area contributed by atoms with Crippen LogP contribution in [-0.4, -0.2) is 42.6 Å². The molecule has 7 nitrogen and oxygen atoms in total. The van der Waals surface area contributed by atoms with E-state index in [-0.39, 0.29) is 11.2 Å². The first-order valence-corrected chi connectivity index (χ1v) is 10.3. The van der Waals surface area contributed by atoms with E-state index in [1.807, 2.05) is 34.9 Å². The molecule has 1 unspecified atom stereocenters. The lowest BCUT2D eigenvalue weighted by Gasteiger charge is -2.12. The molecule has 2 aromatic heterocycles. The van der Waals surface area contributed by atoms with Gasteiger partial charge in [0, 0.05) is 18.1 Å². The largest absolute Gasteiger partial charge is 0.465 e. The molecule has 3 rings (SSSR count). The zero-order valence-electron chi connectivity index (χ0n) is 15.0. The van der Waals surface area contributed by atoms with Crippen LogP contribution in [0.25, 0.3) is 5.69 Å². The Kier molecular flexibility index (Phi) is 6.83. The highest BCUT2D eigenvalue weighted by Gasteiger charge is 2.22. The van der Waals surface area contributed by atoms with Crippen LogP contribution in [0.4, 0.5) is 0 Å². The molecule has 1 atom stereocenters. The standard InChI is InChI=1S/C18H19N5O2S2/c1-3-25-16(24)13(2)27-18-22-21-15(12-26-17-19-10-7-11-20-17)23(18)14-8-5-4-6-9-14/h4-11,13H,3,12H2,1-2H3. The van der Waals surface area contributed by atoms with E-state index in [0.717, 1.165) is 11.5 Å². The molecule has 0 aliphatic heterocycles. The van der Waals surface area contributed by atoms with Crippen molar-refractivity contribution in [2.45, 2.75) is 35.2 Å². The monoisotopic (exact) mass is 401 g/mol. The maximum atomic E-state index is 12.0. The van der Waals surface area contributed by atoms with Gasteiger partial charge in [-0.3, -0.25) is 9.36 Å². The van der Waals surface area contributed by atoms with Gasteiger partial charge in [-0.05, 0) is 32.0 Å². The van der Waals surface area contributed by atoms with E-state index in [1.54, 1.807) is 32.3 Å². The number of thioether (sulfide) groups is 2. The lowest BCUT2D eigenvalue weighted by atomic mass is 10.3. The fraction of sp³-hybridized carbons (Fsp3) is 0.278. The number of esters is 1. The minimum Gasteiger partial charge on any atom is -0.465 e. The molecular formula is C18H19N5O2S2. The third kappa shape index (κ3) is 5.08. The second-order valence-electron chi connectivity index (χ2n) is 5.40. The van der Waals surface area contributed by atoms with E-state index >= 15 is 0 Å². The van der Waals surface area contributed by atoms with Gasteiger partial charge in [-0.15, -0.1) is 10.2 Å². The maximum absolute atomic E-state index is 12.0. The summed E-state index contributed by atoms with van der Waals surface area (Å²) in [5.74, 6) is 1.05. The molecule has 0 spiro atoms. The van der Waals surface area contributed by atoms with Crippen molar-refractivity contribution in [3.63, 3.8) is 0 Å². The Morgan fingerprint density at radius 2 is 1.89 bits per heavy atom. The van der Waals surface area contributed by atoms with Crippen LogP contribution in [-0.2, 0) is 15.3 Å². The van der Waals surface area contributed by atoms with Gasteiger partial charge < -0.3 is 4.74 Å². The van der Waals surface area contributed by atoms with Gasteiger partial charge in [0.05, 0.1) is 12.4 Å². The van der Waals surface area contributed by atoms with Crippen molar-refractivity contribution >= 4 is 29.5 Å². The predicted molar refractivity (Wildman–Crippen MR) is 105 cm³/mol. The molecule has 0 amide bonds. The molecule has 0 bridgehead atoms. The number of benzene rings is 1. The van der Waals surface area contributed by atoms with Crippen molar-refractivity contribution in [2.75, 3.05) is 6.61 Å². The van der Waals surface area contributed by atoms with E-state index in [2.05, 4.69) is 20.2 Å². The van der Waals surface area contributed by atoms with Crippen LogP contribution in [0.1, 0.15) is 19.7 Å². The lowest BCUT2D eigenvalue weighted by Crippen LogP contribution is -2.17. The van der Waals surface area contributed by atoms with Gasteiger partial charge in [-0.25, -0.2) is 9.97 Å². The Hall–Kier alpha value is -2.39. The Morgan fingerprint density at radius 1 is 1.15 bits per heavy atom. The predicted octanol–water partition coefficient (Wildman–Crippen LogP) is 3.39. The minimum absolute atomic E-state index is 0.265. The number of nitrogens with zero attached hydrogens (tertiary/aromatic N) is 5. The Labute approximate surface area is 166 Å². The highest BCUT2D eigenvalue weighted by atomic mass is 32.2. The molecule has 27 heavy (non-hydrogen) atoms. The summed E-state index contributed by atoms with van der Waals surface area (Å²) in [6, 6.07) is 11.6. The van der Waals surface area contributed by atoms with Crippen LogP contribution in [0, 0.1) is 0 Å². The quantitative estimate of drug-likeness (QED) is 0.323. The summed E-state index contributed by atoms with van der Waals surface area (Å²) in [5.41, 5.74) is 0.936. The second kappa shape index (κ2) is 9.52. The Bertz CT molecular complexity index is 874. The molecular weight excluding hydrogens is 382 g/mol. The number of carbonyl (C=O) groups excluding carboxylic acids is 1. The van der Waals surface area contributed by atoms with Crippen molar-refractivity contribution in [3.05, 3.63) is 54.6 Å². The summed E-state index contributed by atoms with van der Waals surface area (Å²) in [6.45, 7) is 3.95. The van der Waals surface area contributed by atoms with Gasteiger partial charge >= 0.3 is 5.97 Å². The SMILES string of the molecule is CCOC(=O)C(C)Sc1nnc(CSc2ncccn2)n1-c1ccccc1. The van der Waals surface area contributed by atoms with E-state index in [1.165, 1.54) is 23.5 Å². The van der Waals surface area contributed by atoms with Gasteiger partial charge in [0.2, 0.25) is 0 Å². The number of ether oxygens (including phenoxy) is 1. The summed E-state index contributed by atoms with van der Waals surface area (Å²) in [7, 11) is 0. The van der Waals surface area contributed by atoms with Gasteiger partial charge in [0.1, 0.15) is 11.1 Å². The van der Waals surface area contributed by atoms with Crippen LogP contribution < -0.4 is 0 Å². The normalized spacial score (nSPS) is 11.9. The van der Waals surface area contributed by atoms with Crippen LogP contribution in [0.2, 0.25) is 0 Å². The molecule has 0 N–H and O–H groups in total. The van der Waals surface area contributed by atoms with Crippen molar-refractivity contribution in [3.8, 4) is 5.69 Å². The van der Waals surface area contributed by atoms with Crippen molar-refractivity contribution in [1.82, 2.24) is 24.7 Å². The summed E-state index contributed by atoms with van der Waals surface area (Å²) >= 11 is 2.81. The first kappa shape index (κ1) is 19.4. The van der Waals surface area contributed by atoms with Gasteiger partial charge in [-0.1, -0.05) is 41.7 Å². The molecule has 140 valence electrons. The molecule has 9 heteroatoms. The molecule has 3 aromatic rings. The first-order valence-electron chi connectivity index (χ1n) is 8.42. The van der Waals surface area contributed by atoms with Crippen molar-refractivity contribution < 1.29 is 9.53 Å². The van der Waals surface area contributed by atoms with E-state index in [9.17, 15) is 4.79 Å². The smallest absolute Gasteiger partial charge is 0.319 e. The molecule has 0 radical (unpaired) electrons. The van der Waals surface area contributed by atoms with Crippen LogP contribution in [0.5, 0.6) is 0 Å². The summed E-state index contributed by atoms with van der Waals surface area (Å²) in [4.78, 5) is 20.4. The van der Waals surface area contributed by atoms with Gasteiger partial charge in [0.25, 0.3) is 0 Å². The van der Waals surface area contributed by atoms with Crippen molar-refractivity contribution in [1.29, 1.82) is 0 Å². The summed E-state index contributed by atoms with van der Waals surface area (Å²) < 4.78 is 7.05. The number of hydrogen-bond acceptors (Lipinski definition) is 8. The average molecular weight is 402 g/mol. The molecule has 1 aromatic carbocycles. The molecule has 0 aliphatic carbocycles. The number of para-hydroxylation sites is 1. The molecule has 0 aliphatic rings. The zero-order chi connectivity index (χ0) is 19.1. The third-order valence-electron chi connectivity index (χ3n) is 3.49. The van der Waals surface area contributed by atoms with Crippen LogP contribution in [0.3, 0.4) is 0 Å². The number of hydrogen-bond donors (Lipinski definition) is 0. The maximum Gasteiger partial charge on any atom is 0.319 e. The molecule has 2 heterocycles. The van der Waals surface area contributed by atoms with E-state index in [0.29, 0.717) is 22.7 Å². The minimum atomic E-state index is -0.380. The van der Waals surface area contributed by atoms with E-state index < -0.39 is 0 Å². The average Bonchev–Trinajstić information content (AvgIpc) is 3.10. The van der Waals surface area contributed by atoms with Gasteiger partial charge in [-0.2, -0.15) is 0 Å². The van der Waals surface area contributed by atoms with Crippen LogP contribution >= 0.6 is 23.5 Å². The van der Waals surface area contributed by atoms with Crippen molar-refractivity contribution in [2.24, 2.45) is 0 Å².